The number of morpholine rings is 1. The highest BCUT2D eigenvalue weighted by Crippen LogP contribution is 2.26. The molecule has 0 atom stereocenters. The van der Waals surface area contributed by atoms with Crippen LogP contribution in [0.4, 0.5) is 5.13 Å². The Hall–Kier alpha value is -3.18. The highest BCUT2D eigenvalue weighted by Gasteiger charge is 2.21. The van der Waals surface area contributed by atoms with Gasteiger partial charge in [-0.2, -0.15) is 0 Å². The second kappa shape index (κ2) is 10.9. The zero-order valence-corrected chi connectivity index (χ0v) is 19.1. The molecule has 3 N–H and O–H groups in total. The third-order valence-corrected chi connectivity index (χ3v) is 5.70. The molecule has 1 saturated heterocycles. The van der Waals surface area contributed by atoms with Crippen molar-refractivity contribution < 1.29 is 23.9 Å². The van der Waals surface area contributed by atoms with Crippen molar-refractivity contribution in [3.8, 4) is 5.75 Å². The van der Waals surface area contributed by atoms with Crippen LogP contribution in [0.2, 0.25) is 0 Å². The Morgan fingerprint density at radius 1 is 1.12 bits per heavy atom. The summed E-state index contributed by atoms with van der Waals surface area (Å²) in [4.78, 5) is 43.6. The number of amides is 3. The highest BCUT2D eigenvalue weighted by molar-refractivity contribution is 7.17. The van der Waals surface area contributed by atoms with Crippen LogP contribution >= 0.6 is 11.3 Å². The minimum absolute atomic E-state index is 0.0354. The van der Waals surface area contributed by atoms with Gasteiger partial charge in [-0.25, -0.2) is 4.98 Å². The lowest BCUT2D eigenvalue weighted by molar-refractivity contribution is -0.120. The van der Waals surface area contributed by atoms with Crippen LogP contribution in [-0.4, -0.2) is 61.7 Å². The van der Waals surface area contributed by atoms with E-state index in [0.717, 1.165) is 18.2 Å². The van der Waals surface area contributed by atoms with Gasteiger partial charge in [0.15, 0.2) is 5.13 Å². The summed E-state index contributed by atoms with van der Waals surface area (Å²) in [6.45, 7) is 7.97. The van der Waals surface area contributed by atoms with Crippen LogP contribution in [0.3, 0.4) is 0 Å². The summed E-state index contributed by atoms with van der Waals surface area (Å²) in [5.74, 6) is -0.759. The number of rotatable bonds is 7. The van der Waals surface area contributed by atoms with Crippen molar-refractivity contribution in [2.24, 2.45) is 0 Å². The quantitative estimate of drug-likeness (QED) is 0.531. The van der Waals surface area contributed by atoms with Crippen molar-refractivity contribution in [1.82, 2.24) is 21.2 Å². The van der Waals surface area contributed by atoms with Crippen LogP contribution in [0.15, 0.2) is 24.3 Å². The molecule has 0 aliphatic carbocycles. The Morgan fingerprint density at radius 2 is 1.81 bits per heavy atom. The van der Waals surface area contributed by atoms with E-state index < -0.39 is 17.7 Å². The van der Waals surface area contributed by atoms with E-state index in [4.69, 9.17) is 9.47 Å². The maximum Gasteiger partial charge on any atom is 0.281 e. The van der Waals surface area contributed by atoms with E-state index in [0.29, 0.717) is 35.1 Å². The molecular formula is C21H27N5O5S. The van der Waals surface area contributed by atoms with E-state index in [1.807, 2.05) is 13.8 Å². The molecule has 2 heterocycles. The number of aryl methyl sites for hydroxylation is 1. The standard InChI is InChI=1S/C21H27N5O5S/c1-13(2)31-16-6-4-15(5-7-16)19(28)22-12-17(27)24-25-20(29)18-14(3)23-21(32-18)26-8-10-30-11-9-26/h4-7,13H,8-12H2,1-3H3,(H,22,28)(H,24,27)(H,25,29). The highest BCUT2D eigenvalue weighted by atomic mass is 32.1. The normalized spacial score (nSPS) is 13.6. The van der Waals surface area contributed by atoms with Crippen LogP contribution in [0.1, 0.15) is 39.6 Å². The van der Waals surface area contributed by atoms with Crippen molar-refractivity contribution in [3.05, 3.63) is 40.4 Å². The number of hydrogen-bond acceptors (Lipinski definition) is 8. The Balaban J connectivity index is 1.45. The Labute approximate surface area is 190 Å². The summed E-state index contributed by atoms with van der Waals surface area (Å²) >= 11 is 1.26. The molecule has 3 rings (SSSR count). The van der Waals surface area contributed by atoms with Gasteiger partial charge < -0.3 is 19.7 Å². The first-order valence-electron chi connectivity index (χ1n) is 10.3. The SMILES string of the molecule is Cc1nc(N2CCOCC2)sc1C(=O)NNC(=O)CNC(=O)c1ccc(OC(C)C)cc1. The lowest BCUT2D eigenvalue weighted by atomic mass is 10.2. The molecule has 0 bridgehead atoms. The molecule has 10 nitrogen and oxygen atoms in total. The predicted octanol–water partition coefficient (Wildman–Crippen LogP) is 1.27. The minimum Gasteiger partial charge on any atom is -0.491 e. The van der Waals surface area contributed by atoms with E-state index in [-0.39, 0.29) is 12.6 Å². The first-order valence-corrected chi connectivity index (χ1v) is 11.1. The molecule has 1 aliphatic rings. The van der Waals surface area contributed by atoms with Crippen molar-refractivity contribution >= 4 is 34.2 Å². The fourth-order valence-electron chi connectivity index (χ4n) is 2.93. The molecule has 1 aromatic heterocycles. The van der Waals surface area contributed by atoms with Crippen LogP contribution in [0.5, 0.6) is 5.75 Å². The second-order valence-electron chi connectivity index (χ2n) is 7.39. The maximum atomic E-state index is 12.4. The van der Waals surface area contributed by atoms with Gasteiger partial charge in [-0.15, -0.1) is 0 Å². The minimum atomic E-state index is -0.554. The molecule has 1 fully saturated rings. The van der Waals surface area contributed by atoms with E-state index >= 15 is 0 Å². The molecule has 3 amide bonds. The lowest BCUT2D eigenvalue weighted by Crippen LogP contribution is -2.46. The van der Waals surface area contributed by atoms with Gasteiger partial charge >= 0.3 is 0 Å². The third kappa shape index (κ3) is 6.41. The van der Waals surface area contributed by atoms with Crippen molar-refractivity contribution in [3.63, 3.8) is 0 Å². The maximum absolute atomic E-state index is 12.4. The van der Waals surface area contributed by atoms with Gasteiger partial charge in [0.1, 0.15) is 10.6 Å². The summed E-state index contributed by atoms with van der Waals surface area (Å²) in [5.41, 5.74) is 5.65. The van der Waals surface area contributed by atoms with Crippen molar-refractivity contribution in [2.45, 2.75) is 26.9 Å². The zero-order valence-electron chi connectivity index (χ0n) is 18.3. The molecule has 172 valence electrons. The van der Waals surface area contributed by atoms with E-state index in [1.54, 1.807) is 31.2 Å². The Bertz CT molecular complexity index is 954. The molecule has 0 saturated carbocycles. The number of nitrogens with one attached hydrogen (secondary N) is 3. The van der Waals surface area contributed by atoms with Gasteiger partial charge in [0.25, 0.3) is 17.7 Å². The number of benzene rings is 1. The van der Waals surface area contributed by atoms with Gasteiger partial charge in [-0.1, -0.05) is 11.3 Å². The van der Waals surface area contributed by atoms with Gasteiger partial charge in [-0.05, 0) is 45.0 Å². The lowest BCUT2D eigenvalue weighted by Gasteiger charge is -2.25. The number of ether oxygens (including phenoxy) is 2. The van der Waals surface area contributed by atoms with Gasteiger partial charge in [0.05, 0.1) is 31.6 Å². The van der Waals surface area contributed by atoms with Gasteiger partial charge in [-0.3, -0.25) is 25.2 Å². The van der Waals surface area contributed by atoms with Gasteiger partial charge in [0, 0.05) is 18.7 Å². The van der Waals surface area contributed by atoms with Crippen LogP contribution < -0.4 is 25.8 Å². The van der Waals surface area contributed by atoms with E-state index in [1.165, 1.54) is 11.3 Å². The summed E-state index contributed by atoms with van der Waals surface area (Å²) in [6, 6.07) is 6.62. The number of anilines is 1. The predicted molar refractivity (Wildman–Crippen MR) is 120 cm³/mol. The van der Waals surface area contributed by atoms with Crippen molar-refractivity contribution in [2.75, 3.05) is 37.7 Å². The molecule has 1 aromatic carbocycles. The number of hydrogen-bond donors (Lipinski definition) is 3. The van der Waals surface area contributed by atoms with Crippen LogP contribution in [0.25, 0.3) is 0 Å². The van der Waals surface area contributed by atoms with Crippen LogP contribution in [0, 0.1) is 6.92 Å². The number of thiazole rings is 1. The zero-order chi connectivity index (χ0) is 23.1. The van der Waals surface area contributed by atoms with Crippen molar-refractivity contribution in [1.29, 1.82) is 0 Å². The molecule has 2 aromatic rings. The van der Waals surface area contributed by atoms with Crippen LogP contribution in [-0.2, 0) is 9.53 Å². The molecule has 11 heteroatoms. The first-order chi connectivity index (χ1) is 15.3. The fraction of sp³-hybridized carbons (Fsp3) is 0.429. The first kappa shape index (κ1) is 23.5. The molecule has 32 heavy (non-hydrogen) atoms. The number of nitrogens with zero attached hydrogens (tertiary/aromatic N) is 2. The summed E-state index contributed by atoms with van der Waals surface area (Å²) < 4.78 is 10.9. The molecule has 1 aliphatic heterocycles. The van der Waals surface area contributed by atoms with Gasteiger partial charge in [0.2, 0.25) is 0 Å². The Morgan fingerprint density at radius 3 is 2.47 bits per heavy atom. The monoisotopic (exact) mass is 461 g/mol. The molecular weight excluding hydrogens is 434 g/mol. The number of hydrazine groups is 1. The largest absolute Gasteiger partial charge is 0.491 e. The third-order valence-electron chi connectivity index (χ3n) is 4.49. The van der Waals surface area contributed by atoms with E-state index in [9.17, 15) is 14.4 Å². The number of carbonyl (C=O) groups is 3. The smallest absolute Gasteiger partial charge is 0.281 e. The summed E-state index contributed by atoms with van der Waals surface area (Å²) in [6.07, 6.45) is 0.0354. The molecule has 0 unspecified atom stereocenters. The molecule has 0 radical (unpaired) electrons. The number of carbonyl (C=O) groups excluding carboxylic acids is 3. The van der Waals surface area contributed by atoms with E-state index in [2.05, 4.69) is 26.1 Å². The summed E-state index contributed by atoms with van der Waals surface area (Å²) in [5, 5.41) is 3.26. The molecule has 0 spiro atoms. The average molecular weight is 462 g/mol. The second-order valence-corrected chi connectivity index (χ2v) is 8.36. The summed E-state index contributed by atoms with van der Waals surface area (Å²) in [7, 11) is 0. The Kier molecular flexibility index (Phi) is 8.01. The topological polar surface area (TPSA) is 122 Å². The number of aromatic nitrogens is 1. The fourth-order valence-corrected chi connectivity index (χ4v) is 3.94. The average Bonchev–Trinajstić information content (AvgIpc) is 3.18.